The maximum atomic E-state index is 5.81. The number of aryl methyl sites for hydroxylation is 1. The Morgan fingerprint density at radius 2 is 1.90 bits per heavy atom. The van der Waals surface area contributed by atoms with Crippen molar-refractivity contribution in [3.63, 3.8) is 0 Å². The molecule has 0 amide bonds. The molecular weight excluding hydrogens is 264 g/mol. The molecule has 0 spiro atoms. The fourth-order valence-electron chi connectivity index (χ4n) is 2.10. The summed E-state index contributed by atoms with van der Waals surface area (Å²) in [5.41, 5.74) is 11.1. The highest BCUT2D eigenvalue weighted by molar-refractivity contribution is 7.80. The Bertz CT molecular complexity index is 633. The Morgan fingerprint density at radius 3 is 2.55 bits per heavy atom. The summed E-state index contributed by atoms with van der Waals surface area (Å²) in [6.07, 6.45) is 0. The van der Waals surface area contributed by atoms with Crippen molar-refractivity contribution in [3.8, 4) is 0 Å². The fraction of sp³-hybridized carbons (Fsp3) is 0.235. The molecule has 2 nitrogen and oxygen atoms in total. The minimum absolute atomic E-state index is 0.413. The van der Waals surface area contributed by atoms with Crippen LogP contribution in [0.5, 0.6) is 0 Å². The maximum absolute atomic E-state index is 5.81. The lowest BCUT2D eigenvalue weighted by Gasteiger charge is -2.14. The third kappa shape index (κ3) is 3.36. The van der Waals surface area contributed by atoms with E-state index >= 15 is 0 Å². The second-order valence-electron chi connectivity index (χ2n) is 5.32. The monoisotopic (exact) mass is 284 g/mol. The van der Waals surface area contributed by atoms with Crippen LogP contribution in [0, 0.1) is 6.92 Å². The van der Waals surface area contributed by atoms with Gasteiger partial charge in [0.15, 0.2) is 0 Å². The summed E-state index contributed by atoms with van der Waals surface area (Å²) in [5, 5.41) is 3.41. The lowest BCUT2D eigenvalue weighted by molar-refractivity contribution is 0.867. The molecule has 0 heterocycles. The maximum Gasteiger partial charge on any atom is 0.106 e. The lowest BCUT2D eigenvalue weighted by atomic mass is 10.0. The molecule has 3 heteroatoms. The summed E-state index contributed by atoms with van der Waals surface area (Å²) >= 11 is 5.13. The second kappa shape index (κ2) is 6.06. The standard InChI is InChI=1S/C17H20N2S/c1-11(2)13-5-4-6-14(10-13)19-16-8-7-12(3)9-15(16)17(18)20/h4-11,19H,1-3H3,(H2,18,20). The van der Waals surface area contributed by atoms with Crippen molar-refractivity contribution in [1.82, 2.24) is 0 Å². The molecule has 0 aliphatic heterocycles. The fourth-order valence-corrected chi connectivity index (χ4v) is 2.27. The van der Waals surface area contributed by atoms with Gasteiger partial charge in [-0.25, -0.2) is 0 Å². The van der Waals surface area contributed by atoms with Crippen molar-refractivity contribution >= 4 is 28.6 Å². The number of rotatable bonds is 4. The van der Waals surface area contributed by atoms with Crippen LogP contribution in [0.1, 0.15) is 36.5 Å². The summed E-state index contributed by atoms with van der Waals surface area (Å²) in [5.74, 6) is 0.504. The van der Waals surface area contributed by atoms with E-state index in [2.05, 4.69) is 49.5 Å². The molecule has 0 aliphatic carbocycles. The van der Waals surface area contributed by atoms with Gasteiger partial charge in [-0.15, -0.1) is 0 Å². The molecule has 2 aromatic rings. The number of benzene rings is 2. The van der Waals surface area contributed by atoms with Crippen LogP contribution in [-0.4, -0.2) is 4.99 Å². The summed E-state index contributed by atoms with van der Waals surface area (Å²) in [6, 6.07) is 14.5. The van der Waals surface area contributed by atoms with Crippen LogP contribution >= 0.6 is 12.2 Å². The largest absolute Gasteiger partial charge is 0.389 e. The first-order valence-electron chi connectivity index (χ1n) is 6.75. The van der Waals surface area contributed by atoms with E-state index < -0.39 is 0 Å². The zero-order valence-electron chi connectivity index (χ0n) is 12.1. The molecule has 0 fully saturated rings. The third-order valence-corrected chi connectivity index (χ3v) is 3.49. The minimum Gasteiger partial charge on any atom is -0.389 e. The van der Waals surface area contributed by atoms with Crippen LogP contribution in [0.25, 0.3) is 0 Å². The summed E-state index contributed by atoms with van der Waals surface area (Å²) in [4.78, 5) is 0.413. The van der Waals surface area contributed by atoms with E-state index in [1.165, 1.54) is 5.56 Å². The molecule has 0 saturated heterocycles. The summed E-state index contributed by atoms with van der Waals surface area (Å²) < 4.78 is 0. The topological polar surface area (TPSA) is 38.0 Å². The van der Waals surface area contributed by atoms with Crippen molar-refractivity contribution < 1.29 is 0 Å². The number of hydrogen-bond donors (Lipinski definition) is 2. The Kier molecular flexibility index (Phi) is 4.40. The van der Waals surface area contributed by atoms with Crippen molar-refractivity contribution in [2.45, 2.75) is 26.7 Å². The van der Waals surface area contributed by atoms with Crippen LogP contribution in [0.4, 0.5) is 11.4 Å². The van der Waals surface area contributed by atoms with Crippen LogP contribution in [0.3, 0.4) is 0 Å². The Labute approximate surface area is 126 Å². The molecule has 0 saturated carbocycles. The SMILES string of the molecule is Cc1ccc(Nc2cccc(C(C)C)c2)c(C(N)=S)c1. The quantitative estimate of drug-likeness (QED) is 0.812. The highest BCUT2D eigenvalue weighted by atomic mass is 32.1. The van der Waals surface area contributed by atoms with Crippen LogP contribution in [0.2, 0.25) is 0 Å². The first kappa shape index (κ1) is 14.5. The molecule has 2 rings (SSSR count). The average molecular weight is 284 g/mol. The van der Waals surface area contributed by atoms with E-state index in [1.807, 2.05) is 19.1 Å². The van der Waals surface area contributed by atoms with Crippen molar-refractivity contribution in [2.75, 3.05) is 5.32 Å². The first-order valence-corrected chi connectivity index (χ1v) is 7.15. The van der Waals surface area contributed by atoms with Crippen molar-refractivity contribution in [2.24, 2.45) is 5.73 Å². The Morgan fingerprint density at radius 1 is 1.15 bits per heavy atom. The predicted molar refractivity (Wildman–Crippen MR) is 90.9 cm³/mol. The number of nitrogens with one attached hydrogen (secondary N) is 1. The number of nitrogens with two attached hydrogens (primary N) is 1. The molecule has 0 bridgehead atoms. The van der Waals surface area contributed by atoms with Gasteiger partial charge in [0.2, 0.25) is 0 Å². The van der Waals surface area contributed by atoms with E-state index in [4.69, 9.17) is 18.0 Å². The molecule has 2 aromatic carbocycles. The Balaban J connectivity index is 2.35. The normalized spacial score (nSPS) is 10.6. The summed E-state index contributed by atoms with van der Waals surface area (Å²) in [6.45, 7) is 6.40. The zero-order valence-corrected chi connectivity index (χ0v) is 12.9. The highest BCUT2D eigenvalue weighted by Gasteiger charge is 2.07. The van der Waals surface area contributed by atoms with Gasteiger partial charge >= 0.3 is 0 Å². The zero-order chi connectivity index (χ0) is 14.7. The molecule has 0 radical (unpaired) electrons. The number of anilines is 2. The molecule has 0 aliphatic rings. The Hall–Kier alpha value is -1.87. The number of hydrogen-bond acceptors (Lipinski definition) is 2. The molecule has 20 heavy (non-hydrogen) atoms. The second-order valence-corrected chi connectivity index (χ2v) is 5.76. The van der Waals surface area contributed by atoms with Crippen molar-refractivity contribution in [1.29, 1.82) is 0 Å². The number of thiocarbonyl (C=S) groups is 1. The van der Waals surface area contributed by atoms with Crippen LogP contribution < -0.4 is 11.1 Å². The molecule has 3 N–H and O–H groups in total. The summed E-state index contributed by atoms with van der Waals surface area (Å²) in [7, 11) is 0. The first-order chi connectivity index (χ1) is 9.47. The van der Waals surface area contributed by atoms with Gasteiger partial charge < -0.3 is 11.1 Å². The van der Waals surface area contributed by atoms with Crippen LogP contribution in [-0.2, 0) is 0 Å². The average Bonchev–Trinajstić information content (AvgIpc) is 2.41. The lowest BCUT2D eigenvalue weighted by Crippen LogP contribution is -2.12. The van der Waals surface area contributed by atoms with Gasteiger partial charge in [-0.05, 0) is 42.7 Å². The van der Waals surface area contributed by atoms with E-state index in [9.17, 15) is 0 Å². The van der Waals surface area contributed by atoms with Crippen LogP contribution in [0.15, 0.2) is 42.5 Å². The molecule has 0 atom stereocenters. The third-order valence-electron chi connectivity index (χ3n) is 3.27. The highest BCUT2D eigenvalue weighted by Crippen LogP contribution is 2.25. The van der Waals surface area contributed by atoms with Gasteiger partial charge in [-0.1, -0.05) is 49.8 Å². The smallest absolute Gasteiger partial charge is 0.106 e. The van der Waals surface area contributed by atoms with E-state index in [1.54, 1.807) is 0 Å². The molecular formula is C17H20N2S. The van der Waals surface area contributed by atoms with Gasteiger partial charge in [0, 0.05) is 16.9 Å². The van der Waals surface area contributed by atoms with E-state index in [-0.39, 0.29) is 0 Å². The molecule has 0 unspecified atom stereocenters. The van der Waals surface area contributed by atoms with Gasteiger partial charge in [0.25, 0.3) is 0 Å². The van der Waals surface area contributed by atoms with E-state index in [0.29, 0.717) is 10.9 Å². The minimum atomic E-state index is 0.413. The van der Waals surface area contributed by atoms with Gasteiger partial charge in [0.05, 0.1) is 0 Å². The molecule has 104 valence electrons. The van der Waals surface area contributed by atoms with Crippen molar-refractivity contribution in [3.05, 3.63) is 59.2 Å². The molecule has 0 aromatic heterocycles. The van der Waals surface area contributed by atoms with Gasteiger partial charge in [-0.2, -0.15) is 0 Å². The predicted octanol–water partition coefficient (Wildman–Crippen LogP) is 4.50. The van der Waals surface area contributed by atoms with Gasteiger partial charge in [0.1, 0.15) is 4.99 Å². The van der Waals surface area contributed by atoms with E-state index in [0.717, 1.165) is 22.5 Å². The van der Waals surface area contributed by atoms with Gasteiger partial charge in [-0.3, -0.25) is 0 Å².